The van der Waals surface area contributed by atoms with Crippen LogP contribution in [0, 0.1) is 0 Å². The molecule has 0 bridgehead atoms. The normalized spacial score (nSPS) is 12.9. The predicted molar refractivity (Wildman–Crippen MR) is 97.6 cm³/mol. The molecule has 3 aromatic rings. The van der Waals surface area contributed by atoms with E-state index in [1.807, 2.05) is 24.3 Å². The van der Waals surface area contributed by atoms with E-state index in [0.29, 0.717) is 5.02 Å². The number of halogens is 1. The van der Waals surface area contributed by atoms with Crippen LogP contribution in [0.2, 0.25) is 5.02 Å². The average molecular weight is 340 g/mol. The van der Waals surface area contributed by atoms with Crippen molar-refractivity contribution in [3.8, 4) is 11.3 Å². The molecular formula is C18H14ClN3S. The fourth-order valence-electron chi connectivity index (χ4n) is 2.73. The van der Waals surface area contributed by atoms with E-state index in [-0.39, 0.29) is 0 Å². The summed E-state index contributed by atoms with van der Waals surface area (Å²) in [5.41, 5.74) is 7.61. The van der Waals surface area contributed by atoms with Crippen LogP contribution in [0.3, 0.4) is 0 Å². The molecule has 3 nitrogen and oxygen atoms in total. The number of fused-ring (bicyclic) bond motifs is 3. The van der Waals surface area contributed by atoms with Crippen LogP contribution in [-0.2, 0) is 12.8 Å². The molecule has 1 aliphatic carbocycles. The number of hydrogen-bond acceptors (Lipinski definition) is 4. The zero-order chi connectivity index (χ0) is 15.6. The molecule has 0 amide bonds. The Morgan fingerprint density at radius 2 is 1.91 bits per heavy atom. The first kappa shape index (κ1) is 14.4. The van der Waals surface area contributed by atoms with Crippen molar-refractivity contribution in [3.05, 3.63) is 69.6 Å². The van der Waals surface area contributed by atoms with Crippen LogP contribution in [0.5, 0.6) is 0 Å². The zero-order valence-electron chi connectivity index (χ0n) is 12.3. The lowest BCUT2D eigenvalue weighted by molar-refractivity contribution is 0.955. The van der Waals surface area contributed by atoms with Gasteiger partial charge in [0.25, 0.3) is 0 Å². The molecule has 114 valence electrons. The number of hydrazone groups is 1. The maximum absolute atomic E-state index is 6.11. The summed E-state index contributed by atoms with van der Waals surface area (Å²) < 4.78 is 0. The molecule has 0 aliphatic heterocycles. The first-order valence-electron chi connectivity index (χ1n) is 7.43. The maximum atomic E-state index is 6.11. The monoisotopic (exact) mass is 339 g/mol. The van der Waals surface area contributed by atoms with Gasteiger partial charge in [-0.15, -0.1) is 0 Å². The molecule has 2 aromatic carbocycles. The third kappa shape index (κ3) is 2.87. The van der Waals surface area contributed by atoms with E-state index in [1.54, 1.807) is 17.6 Å². The quantitative estimate of drug-likeness (QED) is 0.538. The van der Waals surface area contributed by atoms with E-state index in [2.05, 4.69) is 34.8 Å². The van der Waals surface area contributed by atoms with E-state index in [4.69, 9.17) is 16.6 Å². The van der Waals surface area contributed by atoms with Crippen LogP contribution in [0.25, 0.3) is 11.3 Å². The third-order valence-electron chi connectivity index (χ3n) is 3.86. The number of nitrogens with zero attached hydrogens (tertiary/aromatic N) is 2. The molecule has 5 heteroatoms. The van der Waals surface area contributed by atoms with Crippen molar-refractivity contribution in [1.29, 1.82) is 0 Å². The molecule has 1 N–H and O–H groups in total. The first-order valence-corrected chi connectivity index (χ1v) is 8.62. The smallest absolute Gasteiger partial charge is 0.204 e. The van der Waals surface area contributed by atoms with Crippen LogP contribution >= 0.6 is 22.9 Å². The molecule has 0 fully saturated rings. The SMILES string of the molecule is Clc1ccccc1/C=N/Nc1nc2c(s1)CCc1ccccc1-2. The van der Waals surface area contributed by atoms with Crippen LogP contribution in [0.4, 0.5) is 5.13 Å². The standard InChI is InChI=1S/C18H14ClN3S/c19-15-8-4-2-6-13(15)11-20-22-18-21-17-14-7-3-1-5-12(14)9-10-16(17)23-18/h1-8,11H,9-10H2,(H,21,22)/b20-11+. The lowest BCUT2D eigenvalue weighted by atomic mass is 9.94. The molecule has 1 aliphatic rings. The summed E-state index contributed by atoms with van der Waals surface area (Å²) in [5.74, 6) is 0. The maximum Gasteiger partial charge on any atom is 0.204 e. The summed E-state index contributed by atoms with van der Waals surface area (Å²) in [4.78, 5) is 6.03. The molecule has 0 radical (unpaired) electrons. The highest BCUT2D eigenvalue weighted by atomic mass is 35.5. The van der Waals surface area contributed by atoms with Crippen LogP contribution in [0.1, 0.15) is 16.0 Å². The van der Waals surface area contributed by atoms with Crippen molar-refractivity contribution in [2.24, 2.45) is 5.10 Å². The Kier molecular flexibility index (Phi) is 3.85. The van der Waals surface area contributed by atoms with Crippen molar-refractivity contribution in [3.63, 3.8) is 0 Å². The number of nitrogens with one attached hydrogen (secondary N) is 1. The topological polar surface area (TPSA) is 37.3 Å². The molecule has 23 heavy (non-hydrogen) atoms. The molecule has 4 rings (SSSR count). The van der Waals surface area contributed by atoms with E-state index >= 15 is 0 Å². The summed E-state index contributed by atoms with van der Waals surface area (Å²) in [6.45, 7) is 0. The lowest BCUT2D eigenvalue weighted by Gasteiger charge is -2.13. The minimum absolute atomic E-state index is 0.686. The minimum Gasteiger partial charge on any atom is -0.253 e. The Morgan fingerprint density at radius 3 is 2.83 bits per heavy atom. The second kappa shape index (κ2) is 6.14. The van der Waals surface area contributed by atoms with Gasteiger partial charge in [-0.25, -0.2) is 4.98 Å². The number of anilines is 1. The molecule has 1 heterocycles. The van der Waals surface area contributed by atoms with Crippen LogP contribution < -0.4 is 5.43 Å². The molecule has 0 saturated carbocycles. The van der Waals surface area contributed by atoms with Gasteiger partial charge in [0.1, 0.15) is 0 Å². The Bertz CT molecular complexity index is 885. The van der Waals surface area contributed by atoms with Gasteiger partial charge in [-0.05, 0) is 24.5 Å². The van der Waals surface area contributed by atoms with E-state index in [0.717, 1.165) is 29.2 Å². The highest BCUT2D eigenvalue weighted by molar-refractivity contribution is 7.16. The molecule has 0 spiro atoms. The summed E-state index contributed by atoms with van der Waals surface area (Å²) in [6.07, 6.45) is 3.84. The van der Waals surface area contributed by atoms with Gasteiger partial charge in [0, 0.05) is 21.0 Å². The summed E-state index contributed by atoms with van der Waals surface area (Å²) >= 11 is 7.78. The number of rotatable bonds is 3. The Balaban J connectivity index is 1.57. The van der Waals surface area contributed by atoms with Crippen LogP contribution in [-0.4, -0.2) is 11.2 Å². The number of hydrogen-bond donors (Lipinski definition) is 1. The highest BCUT2D eigenvalue weighted by Crippen LogP contribution is 2.37. The molecule has 0 atom stereocenters. The van der Waals surface area contributed by atoms with Gasteiger partial charge < -0.3 is 0 Å². The summed E-state index contributed by atoms with van der Waals surface area (Å²) in [5, 5.41) is 5.76. The van der Waals surface area contributed by atoms with Crippen molar-refractivity contribution in [1.82, 2.24) is 4.98 Å². The van der Waals surface area contributed by atoms with Crippen molar-refractivity contribution in [2.45, 2.75) is 12.8 Å². The Labute approximate surface area is 143 Å². The van der Waals surface area contributed by atoms with Gasteiger partial charge in [-0.3, -0.25) is 5.43 Å². The average Bonchev–Trinajstić information content (AvgIpc) is 3.00. The third-order valence-corrected chi connectivity index (χ3v) is 5.22. The van der Waals surface area contributed by atoms with Gasteiger partial charge >= 0.3 is 0 Å². The van der Waals surface area contributed by atoms with Gasteiger partial charge in [-0.2, -0.15) is 5.10 Å². The van der Waals surface area contributed by atoms with Crippen LogP contribution in [0.15, 0.2) is 53.6 Å². The van der Waals surface area contributed by atoms with Gasteiger partial charge in [0.15, 0.2) is 0 Å². The molecule has 1 aromatic heterocycles. The van der Waals surface area contributed by atoms with E-state index < -0.39 is 0 Å². The molecule has 0 saturated heterocycles. The lowest BCUT2D eigenvalue weighted by Crippen LogP contribution is -2.01. The molecule has 0 unspecified atom stereocenters. The largest absolute Gasteiger partial charge is 0.253 e. The second-order valence-electron chi connectivity index (χ2n) is 5.34. The summed E-state index contributed by atoms with van der Waals surface area (Å²) in [7, 11) is 0. The van der Waals surface area contributed by atoms with Gasteiger partial charge in [0.05, 0.1) is 11.9 Å². The van der Waals surface area contributed by atoms with E-state index in [9.17, 15) is 0 Å². The predicted octanol–water partition coefficient (Wildman–Crippen LogP) is 5.01. The van der Waals surface area contributed by atoms with Crippen molar-refractivity contribution >= 4 is 34.3 Å². The first-order chi connectivity index (χ1) is 11.3. The Morgan fingerprint density at radius 1 is 1.09 bits per heavy atom. The fraction of sp³-hybridized carbons (Fsp3) is 0.111. The number of thiazole rings is 1. The fourth-order valence-corrected chi connectivity index (χ4v) is 3.84. The van der Waals surface area contributed by atoms with Gasteiger partial charge in [0.2, 0.25) is 5.13 Å². The van der Waals surface area contributed by atoms with Crippen molar-refractivity contribution in [2.75, 3.05) is 5.43 Å². The van der Waals surface area contributed by atoms with Gasteiger partial charge in [-0.1, -0.05) is 65.4 Å². The minimum atomic E-state index is 0.686. The van der Waals surface area contributed by atoms with E-state index in [1.165, 1.54) is 16.0 Å². The molecular weight excluding hydrogens is 326 g/mol. The highest BCUT2D eigenvalue weighted by Gasteiger charge is 2.20. The Hall–Kier alpha value is -2.17. The number of aromatic nitrogens is 1. The zero-order valence-corrected chi connectivity index (χ0v) is 13.9. The second-order valence-corrected chi connectivity index (χ2v) is 6.83. The number of aryl methyl sites for hydroxylation is 2. The summed E-state index contributed by atoms with van der Waals surface area (Å²) in [6, 6.07) is 16.1. The van der Waals surface area contributed by atoms with Crippen molar-refractivity contribution < 1.29 is 0 Å². The number of benzene rings is 2.